The molecule has 2 aromatic heterocycles. The fourth-order valence-corrected chi connectivity index (χ4v) is 4.35. The molecule has 196 valence electrons. The van der Waals surface area contributed by atoms with Gasteiger partial charge in [0.2, 0.25) is 11.9 Å². The lowest BCUT2D eigenvalue weighted by Gasteiger charge is -2.32. The number of hydrogen-bond acceptors (Lipinski definition) is 7. The Morgan fingerprint density at radius 1 is 1.19 bits per heavy atom. The number of ether oxygens (including phenoxy) is 1. The van der Waals surface area contributed by atoms with Crippen LogP contribution in [0.2, 0.25) is 0 Å². The molecule has 3 heterocycles. The smallest absolute Gasteiger partial charge is 0.254 e. The Kier molecular flexibility index (Phi) is 8.71. The molecule has 3 N–H and O–H groups in total. The van der Waals surface area contributed by atoms with Crippen molar-refractivity contribution in [3.63, 3.8) is 0 Å². The number of anilines is 1. The number of rotatable bonds is 11. The molecule has 2 amide bonds. The van der Waals surface area contributed by atoms with Crippen molar-refractivity contribution in [2.24, 2.45) is 11.7 Å². The molecule has 1 aromatic carbocycles. The number of nitrogens with two attached hydrogens (primary N) is 1. The molecule has 1 saturated heterocycles. The van der Waals surface area contributed by atoms with Crippen LogP contribution in [0.3, 0.4) is 0 Å². The monoisotopic (exact) mass is 509 g/mol. The van der Waals surface area contributed by atoms with Crippen LogP contribution in [-0.4, -0.2) is 48.0 Å². The molecule has 4 rings (SSSR count). The third-order valence-corrected chi connectivity index (χ3v) is 6.43. The highest BCUT2D eigenvalue weighted by Gasteiger charge is 2.21. The molecule has 0 unspecified atom stereocenters. The van der Waals surface area contributed by atoms with Crippen LogP contribution < -0.4 is 20.7 Å². The van der Waals surface area contributed by atoms with Gasteiger partial charge in [-0.3, -0.25) is 9.59 Å². The molecule has 0 aliphatic carbocycles. The van der Waals surface area contributed by atoms with Crippen molar-refractivity contribution in [3.8, 4) is 17.1 Å². The Morgan fingerprint density at radius 3 is 2.59 bits per heavy atom. The number of nitrogens with one attached hydrogen (secondary N) is 1. The lowest BCUT2D eigenvalue weighted by Crippen LogP contribution is -2.34. The van der Waals surface area contributed by atoms with E-state index in [9.17, 15) is 14.0 Å². The first kappa shape index (κ1) is 26.1. The zero-order chi connectivity index (χ0) is 26.2. The number of halogens is 1. The molecule has 0 bridgehead atoms. The third kappa shape index (κ3) is 7.28. The topological polar surface area (TPSA) is 124 Å². The van der Waals surface area contributed by atoms with Crippen molar-refractivity contribution in [2.45, 2.75) is 39.0 Å². The molecule has 3 aromatic rings. The Morgan fingerprint density at radius 2 is 1.95 bits per heavy atom. The lowest BCUT2D eigenvalue weighted by molar-refractivity contribution is -0.117. The van der Waals surface area contributed by atoms with Gasteiger partial charge in [-0.2, -0.15) is 0 Å². The van der Waals surface area contributed by atoms with Crippen LogP contribution in [0.25, 0.3) is 11.3 Å². The van der Waals surface area contributed by atoms with Gasteiger partial charge in [-0.25, -0.2) is 14.4 Å². The van der Waals surface area contributed by atoms with Crippen LogP contribution in [0, 0.1) is 18.7 Å². The van der Waals surface area contributed by atoms with Crippen molar-refractivity contribution in [1.29, 1.82) is 0 Å². The van der Waals surface area contributed by atoms with Gasteiger partial charge in [0.15, 0.2) is 0 Å². The van der Waals surface area contributed by atoms with Gasteiger partial charge in [0.05, 0.1) is 17.7 Å². The summed E-state index contributed by atoms with van der Waals surface area (Å²) in [6.07, 6.45) is 7.59. The predicted molar refractivity (Wildman–Crippen MR) is 137 cm³/mol. The minimum atomic E-state index is -0.670. The zero-order valence-corrected chi connectivity index (χ0v) is 20.9. The molecule has 37 heavy (non-hydrogen) atoms. The summed E-state index contributed by atoms with van der Waals surface area (Å²) in [6.45, 7) is 4.25. The van der Waals surface area contributed by atoms with Crippen LogP contribution in [0.15, 0.2) is 47.1 Å². The second-order valence-electron chi connectivity index (χ2n) is 9.22. The summed E-state index contributed by atoms with van der Waals surface area (Å²) in [5, 5.41) is 2.47. The maximum absolute atomic E-state index is 14.3. The minimum absolute atomic E-state index is 0.000714. The standard InChI is InChI=1S/C27H32FN5O4/c1-18-4-7-24(37-18)20-16-31-27(32-17-20)33-12-9-19(10-13-33)3-2-14-36-21-5-6-22(23(28)15-21)26(35)30-11-8-25(29)34/h4-7,15-17,19H,2-3,8-14H2,1H3,(H2,29,34)(H,30,35). The van der Waals surface area contributed by atoms with Crippen LogP contribution in [0.1, 0.15) is 48.2 Å². The van der Waals surface area contributed by atoms with Crippen LogP contribution in [0.4, 0.5) is 10.3 Å². The molecule has 0 radical (unpaired) electrons. The summed E-state index contributed by atoms with van der Waals surface area (Å²) < 4.78 is 25.6. The first-order valence-corrected chi connectivity index (χ1v) is 12.5. The number of carbonyl (C=O) groups is 2. The lowest BCUT2D eigenvalue weighted by atomic mass is 9.92. The molecule has 9 nitrogen and oxygen atoms in total. The fraction of sp³-hybridized carbons (Fsp3) is 0.407. The van der Waals surface area contributed by atoms with E-state index in [0.717, 1.165) is 61.8 Å². The van der Waals surface area contributed by atoms with Crippen LogP contribution in [-0.2, 0) is 4.79 Å². The van der Waals surface area contributed by atoms with Gasteiger partial charge in [0, 0.05) is 44.5 Å². The second-order valence-corrected chi connectivity index (χ2v) is 9.22. The highest BCUT2D eigenvalue weighted by atomic mass is 19.1. The Labute approximate surface area is 215 Å². The van der Waals surface area contributed by atoms with Gasteiger partial charge in [-0.15, -0.1) is 0 Å². The van der Waals surface area contributed by atoms with E-state index in [2.05, 4.69) is 20.2 Å². The predicted octanol–water partition coefficient (Wildman–Crippen LogP) is 3.86. The van der Waals surface area contributed by atoms with Crippen LogP contribution >= 0.6 is 0 Å². The number of primary amides is 1. The van der Waals surface area contributed by atoms with E-state index in [1.807, 2.05) is 19.1 Å². The van der Waals surface area contributed by atoms with E-state index in [1.165, 1.54) is 12.1 Å². The molecule has 0 saturated carbocycles. The number of aromatic nitrogens is 2. The summed E-state index contributed by atoms with van der Waals surface area (Å²) in [5.41, 5.74) is 5.80. The van der Waals surface area contributed by atoms with Crippen molar-refractivity contribution < 1.29 is 23.1 Å². The number of amides is 2. The molecule has 0 spiro atoms. The second kappa shape index (κ2) is 12.3. The maximum Gasteiger partial charge on any atom is 0.254 e. The highest BCUT2D eigenvalue weighted by molar-refractivity contribution is 5.94. The number of carbonyl (C=O) groups excluding carboxylic acids is 2. The van der Waals surface area contributed by atoms with Gasteiger partial charge in [-0.1, -0.05) is 0 Å². The summed E-state index contributed by atoms with van der Waals surface area (Å²) in [7, 11) is 0. The number of aryl methyl sites for hydroxylation is 1. The third-order valence-electron chi connectivity index (χ3n) is 6.43. The Bertz CT molecular complexity index is 1210. The van der Waals surface area contributed by atoms with Crippen molar-refractivity contribution >= 4 is 17.8 Å². The van der Waals surface area contributed by atoms with Crippen molar-refractivity contribution in [3.05, 3.63) is 59.9 Å². The largest absolute Gasteiger partial charge is 0.493 e. The highest BCUT2D eigenvalue weighted by Crippen LogP contribution is 2.26. The normalized spacial score (nSPS) is 13.9. The minimum Gasteiger partial charge on any atom is -0.493 e. The molecule has 1 fully saturated rings. The Hall–Kier alpha value is -3.95. The van der Waals surface area contributed by atoms with E-state index in [1.54, 1.807) is 18.5 Å². The van der Waals surface area contributed by atoms with Gasteiger partial charge in [-0.05, 0) is 62.8 Å². The van der Waals surface area contributed by atoms with E-state index >= 15 is 0 Å². The number of furan rings is 1. The molecule has 0 atom stereocenters. The summed E-state index contributed by atoms with van der Waals surface area (Å²) in [4.78, 5) is 34.0. The molecule has 1 aliphatic rings. The number of piperidine rings is 1. The quantitative estimate of drug-likeness (QED) is 0.376. The fourth-order valence-electron chi connectivity index (χ4n) is 4.35. The Balaban J connectivity index is 1.16. The number of nitrogens with zero attached hydrogens (tertiary/aromatic N) is 3. The van der Waals surface area contributed by atoms with Gasteiger partial charge < -0.3 is 25.1 Å². The molecular formula is C27H32FN5O4. The van der Waals surface area contributed by atoms with Crippen LogP contribution in [0.5, 0.6) is 5.75 Å². The summed E-state index contributed by atoms with van der Waals surface area (Å²) in [6, 6.07) is 8.00. The zero-order valence-electron chi connectivity index (χ0n) is 20.9. The number of hydrogen-bond donors (Lipinski definition) is 2. The van der Waals surface area contributed by atoms with Gasteiger partial charge in [0.25, 0.3) is 5.91 Å². The summed E-state index contributed by atoms with van der Waals surface area (Å²) >= 11 is 0. The maximum atomic E-state index is 14.3. The van der Waals surface area contributed by atoms with E-state index in [4.69, 9.17) is 14.9 Å². The SMILES string of the molecule is Cc1ccc(-c2cnc(N3CCC(CCCOc4ccc(C(=O)NCCC(N)=O)c(F)c4)CC3)nc2)o1. The van der Waals surface area contributed by atoms with Gasteiger partial charge in [0.1, 0.15) is 23.1 Å². The van der Waals surface area contributed by atoms with Crippen molar-refractivity contribution in [2.75, 3.05) is 31.1 Å². The van der Waals surface area contributed by atoms with Crippen molar-refractivity contribution in [1.82, 2.24) is 15.3 Å². The average molecular weight is 510 g/mol. The van der Waals surface area contributed by atoms with Gasteiger partial charge >= 0.3 is 0 Å². The van der Waals surface area contributed by atoms with E-state index < -0.39 is 17.6 Å². The first-order valence-electron chi connectivity index (χ1n) is 12.5. The molecular weight excluding hydrogens is 477 g/mol. The first-order chi connectivity index (χ1) is 17.9. The van der Waals surface area contributed by atoms with E-state index in [-0.39, 0.29) is 18.5 Å². The summed E-state index contributed by atoms with van der Waals surface area (Å²) in [5.74, 6) is 1.54. The van der Waals surface area contributed by atoms with E-state index in [0.29, 0.717) is 18.3 Å². The molecule has 1 aliphatic heterocycles. The number of benzene rings is 1. The molecule has 10 heteroatoms. The average Bonchev–Trinajstić information content (AvgIpc) is 3.33.